The number of benzene rings is 2. The first-order chi connectivity index (χ1) is 16.9. The number of hydrogen-bond acceptors (Lipinski definition) is 5. The summed E-state index contributed by atoms with van der Waals surface area (Å²) in [6.45, 7) is 13.8. The van der Waals surface area contributed by atoms with Gasteiger partial charge in [0.2, 0.25) is 0 Å². The van der Waals surface area contributed by atoms with Gasteiger partial charge in [-0.05, 0) is 63.3 Å². The molecule has 2 aromatic rings. The molecule has 4 rings (SSSR count). The second-order valence-electron chi connectivity index (χ2n) is 10.8. The minimum Gasteiger partial charge on any atom is -0.534 e. The molecule has 188 valence electrons. The number of carbonyl (C=O) groups is 1. The molecular weight excluding hydrogens is 458 g/mol. The van der Waals surface area contributed by atoms with Gasteiger partial charge < -0.3 is 18.9 Å². The SMILES string of the molecule is C=C1OB(c2ccc([C@H](C)N3CC[C@](CC(C)(C)C#N)(c4ccc(F)cc4)OC3=O)cc2)OC1(C)C. The first kappa shape index (κ1) is 25.8. The molecule has 8 heteroatoms. The van der Waals surface area contributed by atoms with E-state index in [0.29, 0.717) is 30.7 Å². The van der Waals surface area contributed by atoms with Crippen LogP contribution in [0.2, 0.25) is 0 Å². The smallest absolute Gasteiger partial charge is 0.534 e. The number of halogens is 1. The molecule has 0 radical (unpaired) electrons. The lowest BCUT2D eigenvalue weighted by molar-refractivity contribution is -0.0771. The maximum atomic E-state index is 13.6. The summed E-state index contributed by atoms with van der Waals surface area (Å²) in [7, 11) is -0.517. The van der Waals surface area contributed by atoms with Crippen LogP contribution in [-0.4, -0.2) is 30.3 Å². The van der Waals surface area contributed by atoms with Gasteiger partial charge in [0.1, 0.15) is 17.0 Å². The summed E-state index contributed by atoms with van der Waals surface area (Å²) in [5.74, 6) is 0.223. The average molecular weight is 490 g/mol. The Bertz CT molecular complexity index is 1190. The summed E-state index contributed by atoms with van der Waals surface area (Å²) in [6, 6.07) is 15.8. The van der Waals surface area contributed by atoms with Crippen molar-refractivity contribution in [3.63, 3.8) is 0 Å². The number of hydrogen-bond donors (Lipinski definition) is 0. The first-order valence-corrected chi connectivity index (χ1v) is 12.2. The maximum Gasteiger partial charge on any atom is 0.563 e. The van der Waals surface area contributed by atoms with Crippen molar-refractivity contribution in [3.8, 4) is 6.07 Å². The van der Waals surface area contributed by atoms with Crippen molar-refractivity contribution >= 4 is 18.7 Å². The molecule has 0 N–H and O–H groups in total. The van der Waals surface area contributed by atoms with Crippen LogP contribution in [-0.2, 0) is 19.6 Å². The Morgan fingerprint density at radius 2 is 1.83 bits per heavy atom. The lowest BCUT2D eigenvalue weighted by Gasteiger charge is -2.45. The van der Waals surface area contributed by atoms with E-state index in [2.05, 4.69) is 12.6 Å². The van der Waals surface area contributed by atoms with E-state index in [0.717, 1.165) is 11.0 Å². The Labute approximate surface area is 212 Å². The molecule has 0 saturated carbocycles. The number of amides is 1. The molecule has 0 unspecified atom stereocenters. The molecule has 2 saturated heterocycles. The van der Waals surface area contributed by atoms with Crippen molar-refractivity contribution < 1.29 is 23.2 Å². The van der Waals surface area contributed by atoms with Crippen LogP contribution >= 0.6 is 0 Å². The van der Waals surface area contributed by atoms with E-state index in [1.165, 1.54) is 12.1 Å². The van der Waals surface area contributed by atoms with E-state index in [4.69, 9.17) is 14.0 Å². The molecule has 0 aromatic heterocycles. The Morgan fingerprint density at radius 1 is 1.19 bits per heavy atom. The fraction of sp³-hybridized carbons (Fsp3) is 0.429. The summed E-state index contributed by atoms with van der Waals surface area (Å²) >= 11 is 0. The predicted octanol–water partition coefficient (Wildman–Crippen LogP) is 5.60. The first-order valence-electron chi connectivity index (χ1n) is 12.2. The molecule has 2 heterocycles. The topological polar surface area (TPSA) is 71.8 Å². The molecule has 2 fully saturated rings. The third-order valence-corrected chi connectivity index (χ3v) is 7.16. The van der Waals surface area contributed by atoms with Crippen molar-refractivity contribution in [1.82, 2.24) is 4.90 Å². The number of cyclic esters (lactones) is 1. The van der Waals surface area contributed by atoms with Gasteiger partial charge in [0.15, 0.2) is 0 Å². The third kappa shape index (κ3) is 4.98. The van der Waals surface area contributed by atoms with Crippen LogP contribution in [0.15, 0.2) is 60.9 Å². The second kappa shape index (κ2) is 9.29. The van der Waals surface area contributed by atoms with E-state index in [-0.39, 0.29) is 11.9 Å². The lowest BCUT2D eigenvalue weighted by Crippen LogP contribution is -2.50. The Morgan fingerprint density at radius 3 is 2.36 bits per heavy atom. The van der Waals surface area contributed by atoms with E-state index in [1.807, 2.05) is 58.9 Å². The standard InChI is InChI=1S/C28H32BFN2O4/c1-19(21-7-11-23(12-8-21)29-35-20(2)27(5,6)36-29)32-16-15-28(34-25(32)33,17-26(3,4)18-31)22-9-13-24(30)14-10-22/h7-14,19H,2,15-17H2,1,3-6H3/t19-,28-/m0/s1. The van der Waals surface area contributed by atoms with Crippen molar-refractivity contribution in [3.05, 3.63) is 77.8 Å². The van der Waals surface area contributed by atoms with Crippen LogP contribution in [0.5, 0.6) is 0 Å². The van der Waals surface area contributed by atoms with Gasteiger partial charge in [-0.2, -0.15) is 5.26 Å². The Hall–Kier alpha value is -3.31. The fourth-order valence-corrected chi connectivity index (χ4v) is 4.83. The van der Waals surface area contributed by atoms with Crippen LogP contribution in [0.1, 0.15) is 64.6 Å². The summed E-state index contributed by atoms with van der Waals surface area (Å²) < 4.78 is 31.4. The van der Waals surface area contributed by atoms with Crippen LogP contribution in [0, 0.1) is 22.6 Å². The molecule has 0 bridgehead atoms. The summed E-state index contributed by atoms with van der Waals surface area (Å²) in [5.41, 5.74) is 0.217. The normalized spacial score (nSPS) is 22.6. The molecule has 2 atom stereocenters. The zero-order valence-electron chi connectivity index (χ0n) is 21.5. The van der Waals surface area contributed by atoms with Gasteiger partial charge in [-0.1, -0.05) is 43.0 Å². The third-order valence-electron chi connectivity index (χ3n) is 7.16. The van der Waals surface area contributed by atoms with E-state index in [1.54, 1.807) is 17.0 Å². The molecule has 0 aliphatic carbocycles. The fourth-order valence-electron chi connectivity index (χ4n) is 4.83. The summed E-state index contributed by atoms with van der Waals surface area (Å²) in [4.78, 5) is 15.0. The minimum absolute atomic E-state index is 0.237. The Kier molecular flexibility index (Phi) is 6.65. The van der Waals surface area contributed by atoms with Crippen LogP contribution in [0.3, 0.4) is 0 Å². The summed E-state index contributed by atoms with van der Waals surface area (Å²) in [6.07, 6.45) is 0.337. The van der Waals surface area contributed by atoms with Crippen LogP contribution in [0.4, 0.5) is 9.18 Å². The monoisotopic (exact) mass is 490 g/mol. The van der Waals surface area contributed by atoms with Gasteiger partial charge in [0.25, 0.3) is 0 Å². The van der Waals surface area contributed by atoms with Gasteiger partial charge in [-0.3, -0.25) is 0 Å². The molecule has 36 heavy (non-hydrogen) atoms. The maximum absolute atomic E-state index is 13.6. The molecule has 2 aliphatic heterocycles. The lowest BCUT2D eigenvalue weighted by atomic mass is 9.75. The number of ether oxygens (including phenoxy) is 1. The van der Waals surface area contributed by atoms with Gasteiger partial charge in [0, 0.05) is 19.4 Å². The average Bonchev–Trinajstić information content (AvgIpc) is 3.11. The van der Waals surface area contributed by atoms with Gasteiger partial charge in [-0.15, -0.1) is 0 Å². The number of carbonyl (C=O) groups excluding carboxylic acids is 1. The highest BCUT2D eigenvalue weighted by Gasteiger charge is 2.47. The molecule has 2 aromatic carbocycles. The van der Waals surface area contributed by atoms with Crippen LogP contribution in [0.25, 0.3) is 0 Å². The van der Waals surface area contributed by atoms with E-state index >= 15 is 0 Å². The molecule has 6 nitrogen and oxygen atoms in total. The zero-order valence-corrected chi connectivity index (χ0v) is 21.5. The second-order valence-corrected chi connectivity index (χ2v) is 10.8. The van der Waals surface area contributed by atoms with Crippen molar-refractivity contribution in [2.24, 2.45) is 5.41 Å². The minimum atomic E-state index is -1.00. The van der Waals surface area contributed by atoms with E-state index in [9.17, 15) is 14.4 Å². The Balaban J connectivity index is 1.52. The van der Waals surface area contributed by atoms with Crippen molar-refractivity contribution in [1.29, 1.82) is 5.26 Å². The van der Waals surface area contributed by atoms with Crippen molar-refractivity contribution in [2.45, 2.75) is 64.7 Å². The molecule has 0 spiro atoms. The van der Waals surface area contributed by atoms with Gasteiger partial charge in [0.05, 0.1) is 23.3 Å². The van der Waals surface area contributed by atoms with Gasteiger partial charge in [-0.25, -0.2) is 9.18 Å². The number of nitriles is 1. The molecular formula is C28H32BFN2O4. The highest BCUT2D eigenvalue weighted by atomic mass is 19.1. The number of rotatable bonds is 6. The highest BCUT2D eigenvalue weighted by molar-refractivity contribution is 6.62. The largest absolute Gasteiger partial charge is 0.563 e. The zero-order chi connectivity index (χ0) is 26.3. The van der Waals surface area contributed by atoms with Crippen LogP contribution < -0.4 is 5.46 Å². The predicted molar refractivity (Wildman–Crippen MR) is 136 cm³/mol. The molecule has 2 aliphatic rings. The van der Waals surface area contributed by atoms with Crippen molar-refractivity contribution in [2.75, 3.05) is 6.54 Å². The quantitative estimate of drug-likeness (QED) is 0.493. The summed E-state index contributed by atoms with van der Waals surface area (Å²) in [5, 5.41) is 9.65. The highest BCUT2D eigenvalue weighted by Crippen LogP contribution is 2.44. The molecule has 1 amide bonds. The number of nitrogens with zero attached hydrogens (tertiary/aromatic N) is 2. The van der Waals surface area contributed by atoms with Gasteiger partial charge >= 0.3 is 13.2 Å². The van der Waals surface area contributed by atoms with E-state index < -0.39 is 29.8 Å².